The van der Waals surface area contributed by atoms with Crippen LogP contribution in [0.3, 0.4) is 0 Å². The number of hydrogen-bond donors (Lipinski definition) is 1. The Balaban J connectivity index is 2.18. The number of halogens is 1. The second-order valence-electron chi connectivity index (χ2n) is 4.45. The highest BCUT2D eigenvalue weighted by atomic mass is 79.9. The molecule has 2 rings (SSSR count). The van der Waals surface area contributed by atoms with E-state index >= 15 is 0 Å². The zero-order valence-electron chi connectivity index (χ0n) is 10.2. The summed E-state index contributed by atoms with van der Waals surface area (Å²) in [5, 5.41) is 0. The fraction of sp³-hybridized carbons (Fsp3) is 0.538. The van der Waals surface area contributed by atoms with Gasteiger partial charge in [-0.25, -0.2) is 0 Å². The predicted octanol–water partition coefficient (Wildman–Crippen LogP) is 3.41. The number of thioether (sulfide) groups is 1. The van der Waals surface area contributed by atoms with Crippen LogP contribution in [0.25, 0.3) is 0 Å². The molecule has 0 bridgehead atoms. The molecule has 4 heteroatoms. The summed E-state index contributed by atoms with van der Waals surface area (Å²) in [7, 11) is 0. The Morgan fingerprint density at radius 1 is 1.35 bits per heavy atom. The quantitative estimate of drug-likeness (QED) is 0.907. The topological polar surface area (TPSA) is 29.3 Å². The largest absolute Gasteiger partial charge is 0.371 e. The van der Waals surface area contributed by atoms with Crippen molar-refractivity contribution in [3.05, 3.63) is 28.2 Å². The van der Waals surface area contributed by atoms with Crippen molar-refractivity contribution in [2.45, 2.75) is 19.4 Å². The Labute approximate surface area is 116 Å². The van der Waals surface area contributed by atoms with Crippen LogP contribution < -0.4 is 10.6 Å². The molecule has 1 aromatic rings. The maximum Gasteiger partial charge on any atom is 0.0378 e. The lowest BCUT2D eigenvalue weighted by Crippen LogP contribution is -2.25. The molecule has 1 aliphatic heterocycles. The van der Waals surface area contributed by atoms with Crippen molar-refractivity contribution in [3.63, 3.8) is 0 Å². The minimum atomic E-state index is 0.0816. The number of benzene rings is 1. The third-order valence-electron chi connectivity index (χ3n) is 3.06. The standard InChI is InChI=1S/C13H19BrN2S/c1-10(15)12-4-3-11(9-13(12)14)16-5-2-7-17-8-6-16/h3-4,9-10H,2,5-8,15H2,1H3/t10-/m0/s1. The van der Waals surface area contributed by atoms with Gasteiger partial charge in [0.05, 0.1) is 0 Å². The van der Waals surface area contributed by atoms with E-state index in [-0.39, 0.29) is 6.04 Å². The van der Waals surface area contributed by atoms with Gasteiger partial charge in [-0.3, -0.25) is 0 Å². The molecule has 1 aliphatic rings. The van der Waals surface area contributed by atoms with Gasteiger partial charge in [0, 0.05) is 35.0 Å². The van der Waals surface area contributed by atoms with Gasteiger partial charge in [0.15, 0.2) is 0 Å². The van der Waals surface area contributed by atoms with E-state index in [0.717, 1.165) is 17.6 Å². The molecule has 0 spiro atoms. The van der Waals surface area contributed by atoms with E-state index in [1.54, 1.807) is 0 Å². The molecule has 0 aliphatic carbocycles. The normalized spacial score (nSPS) is 18.9. The maximum absolute atomic E-state index is 5.92. The summed E-state index contributed by atoms with van der Waals surface area (Å²) >= 11 is 5.67. The molecule has 94 valence electrons. The van der Waals surface area contributed by atoms with Crippen molar-refractivity contribution in [3.8, 4) is 0 Å². The van der Waals surface area contributed by atoms with Crippen LogP contribution in [-0.4, -0.2) is 24.6 Å². The van der Waals surface area contributed by atoms with Crippen LogP contribution in [-0.2, 0) is 0 Å². The van der Waals surface area contributed by atoms with Crippen molar-refractivity contribution in [1.29, 1.82) is 0 Å². The van der Waals surface area contributed by atoms with Crippen molar-refractivity contribution < 1.29 is 0 Å². The average molecular weight is 315 g/mol. The highest BCUT2D eigenvalue weighted by molar-refractivity contribution is 9.10. The van der Waals surface area contributed by atoms with E-state index in [0.29, 0.717) is 0 Å². The fourth-order valence-corrected chi connectivity index (χ4v) is 3.70. The van der Waals surface area contributed by atoms with Crippen LogP contribution in [0.1, 0.15) is 24.9 Å². The molecule has 0 saturated carbocycles. The van der Waals surface area contributed by atoms with Gasteiger partial charge in [-0.05, 0) is 36.8 Å². The van der Waals surface area contributed by atoms with Crippen molar-refractivity contribution in [2.24, 2.45) is 5.73 Å². The first-order chi connectivity index (χ1) is 8.18. The molecule has 1 heterocycles. The van der Waals surface area contributed by atoms with Crippen molar-refractivity contribution in [2.75, 3.05) is 29.5 Å². The Morgan fingerprint density at radius 2 is 2.18 bits per heavy atom. The molecule has 17 heavy (non-hydrogen) atoms. The molecule has 0 unspecified atom stereocenters. The number of rotatable bonds is 2. The third kappa shape index (κ3) is 3.39. The molecule has 1 saturated heterocycles. The lowest BCUT2D eigenvalue weighted by Gasteiger charge is -2.23. The van der Waals surface area contributed by atoms with Crippen LogP contribution in [0, 0.1) is 0 Å². The SMILES string of the molecule is C[C@H](N)c1ccc(N2CCCSCC2)cc1Br. The van der Waals surface area contributed by atoms with Crippen LogP contribution in [0.4, 0.5) is 5.69 Å². The molecule has 2 N–H and O–H groups in total. The van der Waals surface area contributed by atoms with E-state index in [1.807, 2.05) is 6.92 Å². The van der Waals surface area contributed by atoms with Gasteiger partial charge in [0.25, 0.3) is 0 Å². The van der Waals surface area contributed by atoms with Crippen LogP contribution in [0.2, 0.25) is 0 Å². The molecular formula is C13H19BrN2S. The first-order valence-corrected chi connectivity index (χ1v) is 8.01. The summed E-state index contributed by atoms with van der Waals surface area (Å²) in [6, 6.07) is 6.62. The zero-order valence-corrected chi connectivity index (χ0v) is 12.6. The van der Waals surface area contributed by atoms with Gasteiger partial charge in [-0.2, -0.15) is 11.8 Å². The van der Waals surface area contributed by atoms with E-state index in [4.69, 9.17) is 5.73 Å². The molecule has 0 amide bonds. The minimum Gasteiger partial charge on any atom is -0.371 e. The summed E-state index contributed by atoms with van der Waals surface area (Å²) in [5.74, 6) is 2.52. The van der Waals surface area contributed by atoms with Crippen molar-refractivity contribution in [1.82, 2.24) is 0 Å². The smallest absolute Gasteiger partial charge is 0.0378 e. The zero-order chi connectivity index (χ0) is 12.3. The van der Waals surface area contributed by atoms with Crippen LogP contribution in [0.5, 0.6) is 0 Å². The second-order valence-corrected chi connectivity index (χ2v) is 6.53. The van der Waals surface area contributed by atoms with Crippen molar-refractivity contribution >= 4 is 33.4 Å². The summed E-state index contributed by atoms with van der Waals surface area (Å²) in [6.45, 7) is 4.33. The summed E-state index contributed by atoms with van der Waals surface area (Å²) in [4.78, 5) is 2.47. The van der Waals surface area contributed by atoms with Gasteiger partial charge < -0.3 is 10.6 Å². The Kier molecular flexibility index (Phi) is 4.77. The van der Waals surface area contributed by atoms with Gasteiger partial charge in [-0.1, -0.05) is 22.0 Å². The highest BCUT2D eigenvalue weighted by Crippen LogP contribution is 2.28. The monoisotopic (exact) mass is 314 g/mol. The lowest BCUT2D eigenvalue weighted by molar-refractivity contribution is 0.801. The van der Waals surface area contributed by atoms with E-state index in [2.05, 4.69) is 50.8 Å². The molecule has 1 atom stereocenters. The first-order valence-electron chi connectivity index (χ1n) is 6.06. The first kappa shape index (κ1) is 13.2. The number of hydrogen-bond acceptors (Lipinski definition) is 3. The average Bonchev–Trinajstić information content (AvgIpc) is 2.56. The molecule has 0 aromatic heterocycles. The Bertz CT molecular complexity index is 374. The molecule has 1 aromatic carbocycles. The van der Waals surface area contributed by atoms with Gasteiger partial charge in [-0.15, -0.1) is 0 Å². The minimum absolute atomic E-state index is 0.0816. The Morgan fingerprint density at radius 3 is 2.88 bits per heavy atom. The van der Waals surface area contributed by atoms with Crippen LogP contribution >= 0.6 is 27.7 Å². The maximum atomic E-state index is 5.92. The molecule has 2 nitrogen and oxygen atoms in total. The number of nitrogens with two attached hydrogens (primary N) is 1. The molecule has 0 radical (unpaired) electrons. The summed E-state index contributed by atoms with van der Waals surface area (Å²) in [5.41, 5.74) is 8.41. The number of nitrogens with zero attached hydrogens (tertiary/aromatic N) is 1. The Hall–Kier alpha value is -0.190. The second kappa shape index (κ2) is 6.12. The predicted molar refractivity (Wildman–Crippen MR) is 80.9 cm³/mol. The lowest BCUT2D eigenvalue weighted by atomic mass is 10.1. The van der Waals surface area contributed by atoms with Gasteiger partial charge in [0.2, 0.25) is 0 Å². The molecule has 1 fully saturated rings. The third-order valence-corrected chi connectivity index (χ3v) is 4.80. The summed E-state index contributed by atoms with van der Waals surface area (Å²) in [6.07, 6.45) is 1.28. The molecular weight excluding hydrogens is 296 g/mol. The van der Waals surface area contributed by atoms with Gasteiger partial charge in [0.1, 0.15) is 0 Å². The van der Waals surface area contributed by atoms with E-state index in [1.165, 1.54) is 29.2 Å². The van der Waals surface area contributed by atoms with Gasteiger partial charge >= 0.3 is 0 Å². The summed E-state index contributed by atoms with van der Waals surface area (Å²) < 4.78 is 1.13. The number of anilines is 1. The van der Waals surface area contributed by atoms with E-state index in [9.17, 15) is 0 Å². The van der Waals surface area contributed by atoms with E-state index < -0.39 is 0 Å². The highest BCUT2D eigenvalue weighted by Gasteiger charge is 2.12. The fourth-order valence-electron chi connectivity index (χ4n) is 2.09. The van der Waals surface area contributed by atoms with Crippen LogP contribution in [0.15, 0.2) is 22.7 Å².